The molecule has 1 amide bonds. The van der Waals surface area contributed by atoms with Crippen LogP contribution in [0.2, 0.25) is 0 Å². The van der Waals surface area contributed by atoms with Gasteiger partial charge in [0.1, 0.15) is 5.69 Å². The molecule has 0 radical (unpaired) electrons. The molecule has 0 bridgehead atoms. The summed E-state index contributed by atoms with van der Waals surface area (Å²) in [4.78, 5) is 13.0. The second-order valence-corrected chi connectivity index (χ2v) is 11.3. The molecule has 1 N–H and O–H groups in total. The van der Waals surface area contributed by atoms with Gasteiger partial charge in [0, 0.05) is 18.8 Å². The first-order valence-electron chi connectivity index (χ1n) is 12.3. The van der Waals surface area contributed by atoms with E-state index in [0.717, 1.165) is 23.1 Å². The van der Waals surface area contributed by atoms with E-state index < -0.39 is 15.9 Å². The Morgan fingerprint density at radius 1 is 1.14 bits per heavy atom. The first-order valence-corrected chi connectivity index (χ1v) is 13.7. The molecule has 0 saturated carbocycles. The quantitative estimate of drug-likeness (QED) is 0.464. The molecule has 1 aliphatic rings. The number of anilines is 1. The Labute approximate surface area is 213 Å². The zero-order valence-electron chi connectivity index (χ0n) is 21.2. The van der Waals surface area contributed by atoms with Crippen LogP contribution in [0.3, 0.4) is 0 Å². The molecule has 1 aliphatic heterocycles. The molecule has 1 aromatic heterocycles. The highest BCUT2D eigenvalue weighted by molar-refractivity contribution is 7.89. The minimum atomic E-state index is -3.91. The van der Waals surface area contributed by atoms with Crippen molar-refractivity contribution in [3.63, 3.8) is 0 Å². The predicted molar refractivity (Wildman–Crippen MR) is 142 cm³/mol. The van der Waals surface area contributed by atoms with Gasteiger partial charge in [0.05, 0.1) is 5.92 Å². The van der Waals surface area contributed by atoms with Gasteiger partial charge in [-0.3, -0.25) is 4.79 Å². The Bertz CT molecular complexity index is 1370. The predicted octanol–water partition coefficient (Wildman–Crippen LogP) is 5.37. The molecule has 1 saturated heterocycles. The van der Waals surface area contributed by atoms with Gasteiger partial charge in [0.2, 0.25) is 15.9 Å². The van der Waals surface area contributed by atoms with Crippen molar-refractivity contribution in [1.82, 2.24) is 9.46 Å². The molecule has 2 heterocycles. The van der Waals surface area contributed by atoms with E-state index >= 15 is 0 Å². The lowest BCUT2D eigenvalue weighted by Gasteiger charge is -2.31. The summed E-state index contributed by atoms with van der Waals surface area (Å²) in [5.41, 5.74) is 5.38. The third kappa shape index (κ3) is 5.60. The van der Waals surface area contributed by atoms with Gasteiger partial charge in [0.15, 0.2) is 10.7 Å². The minimum absolute atomic E-state index is 0.0558. The van der Waals surface area contributed by atoms with Crippen LogP contribution in [0.5, 0.6) is 0 Å². The summed E-state index contributed by atoms with van der Waals surface area (Å²) in [7, 11) is -3.91. The number of nitrogens with zero attached hydrogens (tertiary/aromatic N) is 2. The smallest absolute Gasteiger partial charge is 0.248 e. The van der Waals surface area contributed by atoms with Crippen molar-refractivity contribution in [1.29, 1.82) is 0 Å². The molecular formula is C28H33N3O4S. The topological polar surface area (TPSA) is 92.5 Å². The normalized spacial score (nSPS) is 16.9. The molecular weight excluding hydrogens is 474 g/mol. The van der Waals surface area contributed by atoms with E-state index in [1.165, 1.54) is 9.87 Å². The van der Waals surface area contributed by atoms with Gasteiger partial charge in [-0.05, 0) is 74.9 Å². The van der Waals surface area contributed by atoms with Gasteiger partial charge < -0.3 is 9.84 Å². The Balaban J connectivity index is 1.53. The van der Waals surface area contributed by atoms with Crippen LogP contribution in [0.15, 0.2) is 51.9 Å². The van der Waals surface area contributed by atoms with Crippen molar-refractivity contribution in [3.05, 3.63) is 76.2 Å². The van der Waals surface area contributed by atoms with Crippen molar-refractivity contribution in [2.75, 3.05) is 18.4 Å². The summed E-state index contributed by atoms with van der Waals surface area (Å²) in [5.74, 6) is -0.416. The molecule has 0 aliphatic carbocycles. The van der Waals surface area contributed by atoms with Crippen LogP contribution in [0.25, 0.3) is 12.2 Å². The summed E-state index contributed by atoms with van der Waals surface area (Å²) in [6.07, 6.45) is 5.66. The first kappa shape index (κ1) is 25.9. The Kier molecular flexibility index (Phi) is 7.76. The average molecular weight is 508 g/mol. The molecule has 0 spiro atoms. The second kappa shape index (κ2) is 10.8. The lowest BCUT2D eigenvalue weighted by Crippen LogP contribution is -2.43. The molecule has 0 unspecified atom stereocenters. The summed E-state index contributed by atoms with van der Waals surface area (Å²) >= 11 is 0. The first-order chi connectivity index (χ1) is 17.2. The maximum Gasteiger partial charge on any atom is 0.248 e. The fraction of sp³-hybridized carbons (Fsp3) is 0.357. The summed E-state index contributed by atoms with van der Waals surface area (Å²) in [6, 6.07) is 13.8. The molecule has 2 aromatic carbocycles. The summed E-state index contributed by atoms with van der Waals surface area (Å²) in [5, 5.41) is 6.88. The molecule has 4 rings (SSSR count). The SMILES string of the molecule is CCc1ccc(NC(=O)[C@@H]2CCCN(S(=O)(=O)c3c(C)noc3/C=C/c3cc(C)ccc3C)C2)cc1. The number of nitrogens with one attached hydrogen (secondary N) is 1. The van der Waals surface area contributed by atoms with E-state index in [1.807, 2.05) is 62.4 Å². The number of hydrogen-bond donors (Lipinski definition) is 1. The maximum absolute atomic E-state index is 13.7. The zero-order valence-corrected chi connectivity index (χ0v) is 22.1. The highest BCUT2D eigenvalue weighted by atomic mass is 32.2. The monoisotopic (exact) mass is 507 g/mol. The molecule has 190 valence electrons. The zero-order chi connectivity index (χ0) is 25.9. The standard InChI is InChI=1S/C28H33N3O4S/c1-5-22-10-13-25(14-11-22)29-28(32)24-7-6-16-31(18-24)36(33,34)27-21(4)30-35-26(27)15-12-23-17-19(2)8-9-20(23)3/h8-15,17,24H,5-7,16,18H2,1-4H3,(H,29,32)/b15-12+/t24-/m1/s1. The van der Waals surface area contributed by atoms with Gasteiger partial charge in [0.25, 0.3) is 0 Å². The van der Waals surface area contributed by atoms with Gasteiger partial charge in [-0.15, -0.1) is 0 Å². The van der Waals surface area contributed by atoms with Crippen molar-refractivity contribution >= 4 is 33.8 Å². The number of sulfonamides is 1. The number of aryl methyl sites for hydroxylation is 4. The van der Waals surface area contributed by atoms with Crippen molar-refractivity contribution in [2.45, 2.75) is 51.9 Å². The fourth-order valence-electron chi connectivity index (χ4n) is 4.48. The molecule has 1 atom stereocenters. The van der Waals surface area contributed by atoms with Gasteiger partial charge in [-0.2, -0.15) is 4.31 Å². The number of benzene rings is 2. The summed E-state index contributed by atoms with van der Waals surface area (Å²) in [6.45, 7) is 8.18. The van der Waals surface area contributed by atoms with E-state index in [0.29, 0.717) is 30.8 Å². The van der Waals surface area contributed by atoms with Crippen molar-refractivity contribution in [2.24, 2.45) is 5.92 Å². The number of amides is 1. The number of carbonyl (C=O) groups is 1. The van der Waals surface area contributed by atoms with Crippen molar-refractivity contribution in [3.8, 4) is 0 Å². The summed E-state index contributed by atoms with van der Waals surface area (Å²) < 4.78 is 34.2. The number of aromatic nitrogens is 1. The molecule has 3 aromatic rings. The lowest BCUT2D eigenvalue weighted by molar-refractivity contribution is -0.120. The number of carbonyl (C=O) groups excluding carboxylic acids is 1. The average Bonchev–Trinajstić information content (AvgIpc) is 3.26. The second-order valence-electron chi connectivity index (χ2n) is 9.40. The number of rotatable bonds is 7. The Morgan fingerprint density at radius 2 is 1.89 bits per heavy atom. The van der Waals surface area contributed by atoms with Crippen LogP contribution in [0, 0.1) is 26.7 Å². The lowest BCUT2D eigenvalue weighted by atomic mass is 9.98. The van der Waals surface area contributed by atoms with E-state index in [2.05, 4.69) is 17.4 Å². The molecule has 7 nitrogen and oxygen atoms in total. The molecule has 8 heteroatoms. The maximum atomic E-state index is 13.7. The molecule has 36 heavy (non-hydrogen) atoms. The fourth-order valence-corrected chi connectivity index (χ4v) is 6.25. The van der Waals surface area contributed by atoms with Crippen molar-refractivity contribution < 1.29 is 17.7 Å². The number of piperidine rings is 1. The Morgan fingerprint density at radius 3 is 2.61 bits per heavy atom. The highest BCUT2D eigenvalue weighted by Crippen LogP contribution is 2.30. The van der Waals surface area contributed by atoms with E-state index in [1.54, 1.807) is 13.0 Å². The van der Waals surface area contributed by atoms with Crippen LogP contribution < -0.4 is 5.32 Å². The van der Waals surface area contributed by atoms with E-state index in [4.69, 9.17) is 4.52 Å². The van der Waals surface area contributed by atoms with E-state index in [-0.39, 0.29) is 23.1 Å². The van der Waals surface area contributed by atoms with E-state index in [9.17, 15) is 13.2 Å². The highest BCUT2D eigenvalue weighted by Gasteiger charge is 2.37. The van der Waals surface area contributed by atoms with Gasteiger partial charge in [-0.1, -0.05) is 54.1 Å². The Hall–Kier alpha value is -3.23. The minimum Gasteiger partial charge on any atom is -0.355 e. The third-order valence-corrected chi connectivity index (χ3v) is 8.69. The van der Waals surface area contributed by atoms with Crippen LogP contribution in [-0.4, -0.2) is 36.9 Å². The third-order valence-electron chi connectivity index (χ3n) is 6.66. The van der Waals surface area contributed by atoms with Crippen LogP contribution in [0.4, 0.5) is 5.69 Å². The largest absolute Gasteiger partial charge is 0.355 e. The molecule has 1 fully saturated rings. The number of hydrogen-bond acceptors (Lipinski definition) is 5. The van der Waals surface area contributed by atoms with Gasteiger partial charge >= 0.3 is 0 Å². The van der Waals surface area contributed by atoms with Crippen LogP contribution >= 0.6 is 0 Å². The van der Waals surface area contributed by atoms with Crippen LogP contribution in [-0.2, 0) is 21.2 Å². The van der Waals surface area contributed by atoms with Gasteiger partial charge in [-0.25, -0.2) is 8.42 Å². The van der Waals surface area contributed by atoms with Crippen LogP contribution in [0.1, 0.15) is 53.5 Å².